The normalized spacial score (nSPS) is 11.9. The van der Waals surface area contributed by atoms with Crippen LogP contribution in [0.15, 0.2) is 47.5 Å². The van der Waals surface area contributed by atoms with Crippen LogP contribution in [0.3, 0.4) is 0 Å². The van der Waals surface area contributed by atoms with Crippen LogP contribution in [0.4, 0.5) is 0 Å². The fourth-order valence-corrected chi connectivity index (χ4v) is 2.96. The van der Waals surface area contributed by atoms with Gasteiger partial charge in [0.2, 0.25) is 0 Å². The summed E-state index contributed by atoms with van der Waals surface area (Å²) in [6.45, 7) is -0.0190. The molecule has 0 fully saturated rings. The van der Waals surface area contributed by atoms with Crippen molar-refractivity contribution < 1.29 is 9.84 Å². The maximum absolute atomic E-state index is 12.5. The Bertz CT molecular complexity index is 1040. The lowest BCUT2D eigenvalue weighted by Gasteiger charge is -2.14. The van der Waals surface area contributed by atoms with Crippen LogP contribution in [0.25, 0.3) is 10.9 Å². The number of aromatic nitrogens is 2. The smallest absolute Gasteiger partial charge is 0.261 e. The highest BCUT2D eigenvalue weighted by molar-refractivity contribution is 6.38. The highest BCUT2D eigenvalue weighted by atomic mass is 35.5. The van der Waals surface area contributed by atoms with Gasteiger partial charge >= 0.3 is 0 Å². The predicted octanol–water partition coefficient (Wildman–Crippen LogP) is 3.01. The van der Waals surface area contributed by atoms with Gasteiger partial charge in [-0.3, -0.25) is 9.36 Å². The van der Waals surface area contributed by atoms with Crippen molar-refractivity contribution in [2.45, 2.75) is 12.6 Å². The van der Waals surface area contributed by atoms with E-state index in [1.165, 1.54) is 23.0 Å². The Morgan fingerprint density at radius 2 is 2.00 bits per heavy atom. The van der Waals surface area contributed by atoms with Gasteiger partial charge in [0.1, 0.15) is 18.5 Å². The van der Waals surface area contributed by atoms with Crippen molar-refractivity contribution in [1.29, 1.82) is 5.26 Å². The number of aliphatic hydroxyl groups is 1. The third-order valence-electron chi connectivity index (χ3n) is 3.68. The number of nitrogens with zero attached hydrogens (tertiary/aromatic N) is 3. The van der Waals surface area contributed by atoms with E-state index < -0.39 is 6.10 Å². The molecular weight excluding hydrogens is 377 g/mol. The van der Waals surface area contributed by atoms with Gasteiger partial charge in [-0.1, -0.05) is 23.2 Å². The molecule has 0 aliphatic rings. The van der Waals surface area contributed by atoms with E-state index in [9.17, 15) is 9.90 Å². The fraction of sp³-hybridized carbons (Fsp3) is 0.167. The van der Waals surface area contributed by atoms with Gasteiger partial charge in [-0.2, -0.15) is 5.26 Å². The lowest BCUT2D eigenvalue weighted by molar-refractivity contribution is 0.0915. The number of fused-ring (bicyclic) bond motifs is 1. The van der Waals surface area contributed by atoms with Crippen LogP contribution in [0, 0.1) is 11.3 Å². The summed E-state index contributed by atoms with van der Waals surface area (Å²) in [7, 11) is 0. The second-order valence-corrected chi connectivity index (χ2v) is 6.43. The average Bonchev–Trinajstić information content (AvgIpc) is 2.63. The molecule has 1 heterocycles. The van der Waals surface area contributed by atoms with E-state index in [2.05, 4.69) is 4.98 Å². The highest BCUT2D eigenvalue weighted by Crippen LogP contribution is 2.24. The molecule has 0 radical (unpaired) electrons. The fourth-order valence-electron chi connectivity index (χ4n) is 2.42. The van der Waals surface area contributed by atoms with Gasteiger partial charge in [0.05, 0.1) is 40.4 Å². The Morgan fingerprint density at radius 3 is 2.69 bits per heavy atom. The number of halogens is 2. The molecule has 0 unspecified atom stereocenters. The summed E-state index contributed by atoms with van der Waals surface area (Å²) >= 11 is 12.0. The lowest BCUT2D eigenvalue weighted by atomic mass is 10.2. The maximum atomic E-state index is 12.5. The van der Waals surface area contributed by atoms with Gasteiger partial charge in [-0.25, -0.2) is 4.98 Å². The second-order valence-electron chi connectivity index (χ2n) is 5.59. The molecule has 3 rings (SSSR count). The van der Waals surface area contributed by atoms with Crippen LogP contribution >= 0.6 is 23.2 Å². The summed E-state index contributed by atoms with van der Waals surface area (Å²) in [6, 6.07) is 11.5. The minimum Gasteiger partial charge on any atom is -0.491 e. The molecule has 132 valence electrons. The van der Waals surface area contributed by atoms with E-state index >= 15 is 0 Å². The molecule has 1 aromatic heterocycles. The number of rotatable bonds is 5. The van der Waals surface area contributed by atoms with Crippen molar-refractivity contribution in [3.63, 3.8) is 0 Å². The molecule has 0 aliphatic heterocycles. The maximum Gasteiger partial charge on any atom is 0.261 e. The zero-order chi connectivity index (χ0) is 18.7. The third kappa shape index (κ3) is 3.97. The lowest BCUT2D eigenvalue weighted by Crippen LogP contribution is -2.30. The molecule has 2 aromatic carbocycles. The number of ether oxygens (including phenoxy) is 1. The van der Waals surface area contributed by atoms with Crippen LogP contribution in [0.1, 0.15) is 5.56 Å². The van der Waals surface area contributed by atoms with Crippen molar-refractivity contribution in [3.8, 4) is 11.8 Å². The number of benzene rings is 2. The van der Waals surface area contributed by atoms with Gasteiger partial charge in [0.15, 0.2) is 0 Å². The van der Waals surface area contributed by atoms with Crippen LogP contribution in [0.5, 0.6) is 5.75 Å². The molecule has 1 N–H and O–H groups in total. The largest absolute Gasteiger partial charge is 0.491 e. The SMILES string of the molecule is N#Cc1ccc(OC[C@@H](O)Cn2cnc3c(Cl)cc(Cl)cc3c2=O)cc1. The van der Waals surface area contributed by atoms with Crippen molar-refractivity contribution in [2.24, 2.45) is 0 Å². The highest BCUT2D eigenvalue weighted by Gasteiger charge is 2.12. The summed E-state index contributed by atoms with van der Waals surface area (Å²) < 4.78 is 6.75. The van der Waals surface area contributed by atoms with E-state index in [1.54, 1.807) is 24.3 Å². The molecule has 1 atom stereocenters. The Labute approximate surface area is 158 Å². The average molecular weight is 390 g/mol. The van der Waals surface area contributed by atoms with Crippen molar-refractivity contribution in [1.82, 2.24) is 9.55 Å². The number of hydrogen-bond donors (Lipinski definition) is 1. The Balaban J connectivity index is 1.72. The molecule has 0 saturated heterocycles. The summed E-state index contributed by atoms with van der Waals surface area (Å²) in [5, 5.41) is 19.8. The zero-order valence-corrected chi connectivity index (χ0v) is 14.9. The first kappa shape index (κ1) is 18.2. The number of nitriles is 1. The minimum absolute atomic E-state index is 0.00217. The Morgan fingerprint density at radius 1 is 1.27 bits per heavy atom. The first-order valence-electron chi connectivity index (χ1n) is 7.63. The first-order valence-corrected chi connectivity index (χ1v) is 8.39. The summed E-state index contributed by atoms with van der Waals surface area (Å²) in [6.07, 6.45) is 0.396. The Hall–Kier alpha value is -2.59. The number of aliphatic hydroxyl groups excluding tert-OH is 1. The monoisotopic (exact) mass is 389 g/mol. The molecule has 0 saturated carbocycles. The second kappa shape index (κ2) is 7.75. The van der Waals surface area contributed by atoms with Gasteiger partial charge in [-0.05, 0) is 36.4 Å². The van der Waals surface area contributed by atoms with Gasteiger partial charge in [0.25, 0.3) is 5.56 Å². The molecule has 0 aliphatic carbocycles. The number of hydrogen-bond acceptors (Lipinski definition) is 5. The third-order valence-corrected chi connectivity index (χ3v) is 4.19. The van der Waals surface area contributed by atoms with E-state index in [0.29, 0.717) is 26.9 Å². The van der Waals surface area contributed by atoms with E-state index in [-0.39, 0.29) is 24.1 Å². The topological polar surface area (TPSA) is 88.1 Å². The quantitative estimate of drug-likeness (QED) is 0.724. The zero-order valence-electron chi connectivity index (χ0n) is 13.4. The van der Waals surface area contributed by atoms with E-state index in [0.717, 1.165) is 0 Å². The summed E-state index contributed by atoms with van der Waals surface area (Å²) in [5.41, 5.74) is 0.529. The molecule has 0 spiro atoms. The first-order chi connectivity index (χ1) is 12.5. The molecule has 8 heteroatoms. The molecular formula is C18H13Cl2N3O3. The van der Waals surface area contributed by atoms with Crippen LogP contribution < -0.4 is 10.3 Å². The predicted molar refractivity (Wildman–Crippen MR) is 98.7 cm³/mol. The molecule has 6 nitrogen and oxygen atoms in total. The van der Waals surface area contributed by atoms with Gasteiger partial charge < -0.3 is 9.84 Å². The van der Waals surface area contributed by atoms with E-state index in [1.807, 2.05) is 6.07 Å². The molecule has 26 heavy (non-hydrogen) atoms. The van der Waals surface area contributed by atoms with Crippen molar-refractivity contribution in [3.05, 3.63) is 68.7 Å². The summed E-state index contributed by atoms with van der Waals surface area (Å²) in [4.78, 5) is 16.7. The van der Waals surface area contributed by atoms with Crippen LogP contribution in [-0.4, -0.2) is 27.4 Å². The Kier molecular flexibility index (Phi) is 5.43. The summed E-state index contributed by atoms with van der Waals surface area (Å²) in [5.74, 6) is 0.519. The minimum atomic E-state index is -0.933. The standard InChI is InChI=1S/C18H13Cl2N3O3/c19-12-5-15-17(16(20)6-12)22-10-23(18(15)25)8-13(24)9-26-14-3-1-11(7-21)2-4-14/h1-6,10,13,24H,8-9H2/t13-/m0/s1. The van der Waals surface area contributed by atoms with Crippen molar-refractivity contribution >= 4 is 34.1 Å². The molecule has 3 aromatic rings. The van der Waals surface area contributed by atoms with Gasteiger partial charge in [-0.15, -0.1) is 0 Å². The van der Waals surface area contributed by atoms with Crippen LogP contribution in [0.2, 0.25) is 10.0 Å². The van der Waals surface area contributed by atoms with Gasteiger partial charge in [0, 0.05) is 5.02 Å². The van der Waals surface area contributed by atoms with Crippen LogP contribution in [-0.2, 0) is 6.54 Å². The van der Waals surface area contributed by atoms with Crippen molar-refractivity contribution in [2.75, 3.05) is 6.61 Å². The molecule has 0 bridgehead atoms. The van der Waals surface area contributed by atoms with E-state index in [4.69, 9.17) is 33.2 Å². The molecule has 0 amide bonds.